The molecule has 0 spiro atoms. The van der Waals surface area contributed by atoms with E-state index in [1.165, 1.54) is 53.0 Å². The number of anilines is 3. The van der Waals surface area contributed by atoms with E-state index in [9.17, 15) is 0 Å². The van der Waals surface area contributed by atoms with Crippen LogP contribution < -0.4 is 10.6 Å². The molecular weight excluding hydrogens is 340 g/mol. The molecule has 3 aromatic rings. The third kappa shape index (κ3) is 6.54. The minimum atomic E-state index is 0.855. The molecule has 0 radical (unpaired) electrons. The number of hydrogen-bond acceptors (Lipinski definition) is 2. The molecule has 0 fully saturated rings. The molecule has 0 aliphatic heterocycles. The molecule has 0 saturated carbocycles. The summed E-state index contributed by atoms with van der Waals surface area (Å²) in [6.07, 6.45) is 3.75. The third-order valence-electron chi connectivity index (χ3n) is 4.68. The molecule has 2 heteroatoms. The smallest absolute Gasteiger partial charge is 0.0461 e. The van der Waals surface area contributed by atoms with Gasteiger partial charge in [-0.15, -0.1) is 0 Å². The topological polar surface area (TPSA) is 29.3 Å². The van der Waals surface area contributed by atoms with Gasteiger partial charge in [0, 0.05) is 17.1 Å². The van der Waals surface area contributed by atoms with E-state index >= 15 is 0 Å². The first-order chi connectivity index (χ1) is 13.5. The minimum absolute atomic E-state index is 0.855. The number of aryl methyl sites for hydroxylation is 3. The predicted octanol–water partition coefficient (Wildman–Crippen LogP) is 7.22. The summed E-state index contributed by atoms with van der Waals surface area (Å²) in [4.78, 5) is 2.29. The van der Waals surface area contributed by atoms with Gasteiger partial charge in [0.1, 0.15) is 0 Å². The van der Waals surface area contributed by atoms with Crippen molar-refractivity contribution >= 4 is 17.1 Å². The molecule has 0 amide bonds. The van der Waals surface area contributed by atoms with Gasteiger partial charge in [-0.25, -0.2) is 0 Å². The Morgan fingerprint density at radius 3 is 1.11 bits per heavy atom. The molecular formula is C26H34N2. The number of rotatable bonds is 6. The van der Waals surface area contributed by atoms with Crippen molar-refractivity contribution < 1.29 is 0 Å². The van der Waals surface area contributed by atoms with Gasteiger partial charge < -0.3 is 10.6 Å². The fourth-order valence-corrected chi connectivity index (χ4v) is 2.92. The number of benzene rings is 3. The van der Waals surface area contributed by atoms with E-state index in [-0.39, 0.29) is 0 Å². The van der Waals surface area contributed by atoms with Gasteiger partial charge in [0.05, 0.1) is 0 Å². The Bertz CT molecular complexity index is 690. The van der Waals surface area contributed by atoms with Crippen LogP contribution >= 0.6 is 0 Å². The molecule has 3 aromatic carbocycles. The summed E-state index contributed by atoms with van der Waals surface area (Å²) < 4.78 is 0. The van der Waals surface area contributed by atoms with Crippen molar-refractivity contribution in [1.29, 1.82) is 0 Å². The van der Waals surface area contributed by atoms with Crippen LogP contribution in [-0.2, 0) is 0 Å². The Morgan fingerprint density at radius 2 is 0.893 bits per heavy atom. The van der Waals surface area contributed by atoms with E-state index < -0.39 is 0 Å². The third-order valence-corrected chi connectivity index (χ3v) is 4.68. The normalized spacial score (nSPS) is 10.2. The summed E-state index contributed by atoms with van der Waals surface area (Å²) in [6, 6.07) is 26.0. The van der Waals surface area contributed by atoms with Crippen molar-refractivity contribution in [2.45, 2.75) is 47.0 Å². The minimum Gasteiger partial charge on any atom is -0.330 e. The Balaban J connectivity index is 0.000000409. The molecule has 0 saturated heterocycles. The molecule has 0 atom stereocenters. The number of unbranched alkanes of at least 4 members (excludes halogenated alkanes) is 2. The van der Waals surface area contributed by atoms with E-state index in [0.717, 1.165) is 6.54 Å². The van der Waals surface area contributed by atoms with Crippen LogP contribution in [-0.4, -0.2) is 6.54 Å². The highest BCUT2D eigenvalue weighted by Crippen LogP contribution is 2.34. The van der Waals surface area contributed by atoms with Gasteiger partial charge in [-0.3, -0.25) is 0 Å². The van der Waals surface area contributed by atoms with E-state index in [2.05, 4.69) is 105 Å². The summed E-state index contributed by atoms with van der Waals surface area (Å²) in [7, 11) is 0. The number of nitrogens with zero attached hydrogens (tertiary/aromatic N) is 1. The van der Waals surface area contributed by atoms with Gasteiger partial charge >= 0.3 is 0 Å². The number of hydrogen-bond donors (Lipinski definition) is 1. The Hall–Kier alpha value is -2.58. The summed E-state index contributed by atoms with van der Waals surface area (Å²) >= 11 is 0. The van der Waals surface area contributed by atoms with Gasteiger partial charge in [-0.1, -0.05) is 72.9 Å². The molecule has 3 rings (SSSR count). The largest absolute Gasteiger partial charge is 0.330 e. The summed E-state index contributed by atoms with van der Waals surface area (Å²) in [6.45, 7) is 9.38. The van der Waals surface area contributed by atoms with Gasteiger partial charge in [0.25, 0.3) is 0 Å². The molecule has 0 aliphatic rings. The van der Waals surface area contributed by atoms with E-state index in [4.69, 9.17) is 5.73 Å². The second-order valence-corrected chi connectivity index (χ2v) is 7.34. The molecule has 2 N–H and O–H groups in total. The molecule has 148 valence electrons. The van der Waals surface area contributed by atoms with Crippen LogP contribution in [0.3, 0.4) is 0 Å². The fourth-order valence-electron chi connectivity index (χ4n) is 2.92. The van der Waals surface area contributed by atoms with Gasteiger partial charge in [0.2, 0.25) is 0 Å². The predicted molar refractivity (Wildman–Crippen MR) is 124 cm³/mol. The van der Waals surface area contributed by atoms with Gasteiger partial charge in [0.15, 0.2) is 0 Å². The Morgan fingerprint density at radius 1 is 0.571 bits per heavy atom. The highest BCUT2D eigenvalue weighted by atomic mass is 15.1. The zero-order valence-electron chi connectivity index (χ0n) is 17.8. The molecule has 0 heterocycles. The second kappa shape index (κ2) is 11.3. The average molecular weight is 375 g/mol. The van der Waals surface area contributed by atoms with Crippen molar-refractivity contribution in [1.82, 2.24) is 0 Å². The molecule has 0 aromatic heterocycles. The van der Waals surface area contributed by atoms with Crippen LogP contribution in [0.5, 0.6) is 0 Å². The molecule has 0 aliphatic carbocycles. The highest BCUT2D eigenvalue weighted by molar-refractivity contribution is 5.76. The Labute approximate surface area is 171 Å². The van der Waals surface area contributed by atoms with Gasteiger partial charge in [-0.05, 0) is 70.1 Å². The maximum Gasteiger partial charge on any atom is 0.0461 e. The van der Waals surface area contributed by atoms with Crippen LogP contribution in [0.4, 0.5) is 17.1 Å². The van der Waals surface area contributed by atoms with Crippen molar-refractivity contribution in [3.63, 3.8) is 0 Å². The number of nitrogens with two attached hydrogens (primary N) is 1. The average Bonchev–Trinajstić information content (AvgIpc) is 2.71. The quantitative estimate of drug-likeness (QED) is 0.462. The van der Waals surface area contributed by atoms with Crippen molar-refractivity contribution in [3.8, 4) is 0 Å². The zero-order valence-corrected chi connectivity index (χ0v) is 17.8. The molecule has 0 bridgehead atoms. The monoisotopic (exact) mass is 374 g/mol. The lowest BCUT2D eigenvalue weighted by atomic mass is 10.1. The van der Waals surface area contributed by atoms with E-state index in [0.29, 0.717) is 0 Å². The van der Waals surface area contributed by atoms with Crippen LogP contribution in [0.15, 0.2) is 72.8 Å². The van der Waals surface area contributed by atoms with Crippen LogP contribution in [0, 0.1) is 20.8 Å². The lowest BCUT2D eigenvalue weighted by Crippen LogP contribution is -2.09. The Kier molecular flexibility index (Phi) is 8.77. The first kappa shape index (κ1) is 21.7. The second-order valence-electron chi connectivity index (χ2n) is 7.34. The standard InChI is InChI=1S/C21H21N.C5H13N/c1-16-4-10-19(11-5-16)22(20-12-6-17(2)7-13-20)21-14-8-18(3)9-15-21;1-2-3-4-5-6/h4-15H,1-3H3;2-6H2,1H3. The summed E-state index contributed by atoms with van der Waals surface area (Å²) in [5, 5.41) is 0. The van der Waals surface area contributed by atoms with Crippen molar-refractivity contribution in [2.24, 2.45) is 5.73 Å². The first-order valence-corrected chi connectivity index (χ1v) is 10.3. The summed E-state index contributed by atoms with van der Waals surface area (Å²) in [5.41, 5.74) is 12.6. The van der Waals surface area contributed by atoms with Crippen LogP contribution in [0.1, 0.15) is 42.9 Å². The lowest BCUT2D eigenvalue weighted by molar-refractivity contribution is 0.727. The zero-order chi connectivity index (χ0) is 20.4. The molecule has 0 unspecified atom stereocenters. The van der Waals surface area contributed by atoms with Crippen LogP contribution in [0.25, 0.3) is 0 Å². The molecule has 2 nitrogen and oxygen atoms in total. The first-order valence-electron chi connectivity index (χ1n) is 10.3. The molecule has 28 heavy (non-hydrogen) atoms. The summed E-state index contributed by atoms with van der Waals surface area (Å²) in [5.74, 6) is 0. The van der Waals surface area contributed by atoms with Gasteiger partial charge in [-0.2, -0.15) is 0 Å². The van der Waals surface area contributed by atoms with Crippen molar-refractivity contribution in [3.05, 3.63) is 89.5 Å². The van der Waals surface area contributed by atoms with E-state index in [1.54, 1.807) is 0 Å². The van der Waals surface area contributed by atoms with E-state index in [1.807, 2.05) is 0 Å². The maximum absolute atomic E-state index is 5.21. The maximum atomic E-state index is 5.21. The van der Waals surface area contributed by atoms with Crippen LogP contribution in [0.2, 0.25) is 0 Å². The SMILES string of the molecule is CCCCCN.Cc1ccc(N(c2ccc(C)cc2)c2ccc(C)cc2)cc1. The van der Waals surface area contributed by atoms with Crippen molar-refractivity contribution in [2.75, 3.05) is 11.4 Å². The highest BCUT2D eigenvalue weighted by Gasteiger charge is 2.11. The lowest BCUT2D eigenvalue weighted by Gasteiger charge is -2.25. The fraction of sp³-hybridized carbons (Fsp3) is 0.308.